The Balaban J connectivity index is 2.51. The van der Waals surface area contributed by atoms with Crippen LogP contribution in [0.15, 0.2) is 30.4 Å². The first-order valence-electron chi connectivity index (χ1n) is 5.83. The SMILES string of the molecule is CC/C=C/COC(=O)Cc1ccc(O)c(OC)c1. The topological polar surface area (TPSA) is 55.8 Å². The summed E-state index contributed by atoms with van der Waals surface area (Å²) in [7, 11) is 1.46. The second-order valence-corrected chi connectivity index (χ2v) is 3.75. The first-order chi connectivity index (χ1) is 8.67. The molecule has 0 fully saturated rings. The first-order valence-corrected chi connectivity index (χ1v) is 5.83. The van der Waals surface area contributed by atoms with E-state index in [1.807, 2.05) is 19.1 Å². The van der Waals surface area contributed by atoms with Crippen LogP contribution in [0.1, 0.15) is 18.9 Å². The fraction of sp³-hybridized carbons (Fsp3) is 0.357. The molecule has 1 rings (SSSR count). The number of carbonyl (C=O) groups excluding carboxylic acids is 1. The van der Waals surface area contributed by atoms with Gasteiger partial charge in [0.15, 0.2) is 11.5 Å². The molecule has 0 amide bonds. The Labute approximate surface area is 107 Å². The van der Waals surface area contributed by atoms with Gasteiger partial charge in [-0.2, -0.15) is 0 Å². The van der Waals surface area contributed by atoms with Crippen LogP contribution < -0.4 is 4.74 Å². The molecule has 4 heteroatoms. The van der Waals surface area contributed by atoms with Gasteiger partial charge in [-0.3, -0.25) is 4.79 Å². The molecule has 0 saturated heterocycles. The normalized spacial score (nSPS) is 10.6. The quantitative estimate of drug-likeness (QED) is 0.622. The number of hydrogen-bond donors (Lipinski definition) is 1. The first kappa shape index (κ1) is 14.1. The van der Waals surface area contributed by atoms with E-state index in [0.29, 0.717) is 12.4 Å². The zero-order valence-corrected chi connectivity index (χ0v) is 10.7. The molecule has 0 unspecified atom stereocenters. The number of benzene rings is 1. The Morgan fingerprint density at radius 3 is 2.83 bits per heavy atom. The number of carbonyl (C=O) groups is 1. The number of esters is 1. The molecular weight excluding hydrogens is 232 g/mol. The van der Waals surface area contributed by atoms with Crippen molar-refractivity contribution in [2.75, 3.05) is 13.7 Å². The maximum atomic E-state index is 11.5. The van der Waals surface area contributed by atoms with Crippen LogP contribution in [0.2, 0.25) is 0 Å². The fourth-order valence-electron chi connectivity index (χ4n) is 1.43. The second-order valence-electron chi connectivity index (χ2n) is 3.75. The highest BCUT2D eigenvalue weighted by Gasteiger charge is 2.07. The lowest BCUT2D eigenvalue weighted by Gasteiger charge is -2.06. The van der Waals surface area contributed by atoms with Crippen LogP contribution in [0, 0.1) is 0 Å². The van der Waals surface area contributed by atoms with Crippen LogP contribution in [0.25, 0.3) is 0 Å². The van der Waals surface area contributed by atoms with E-state index >= 15 is 0 Å². The molecule has 0 saturated carbocycles. The van der Waals surface area contributed by atoms with E-state index in [2.05, 4.69) is 0 Å². The standard InChI is InChI=1S/C14H18O4/c1-3-4-5-8-18-14(16)10-11-6-7-12(15)13(9-11)17-2/h4-7,9,15H,3,8,10H2,1-2H3/b5-4+. The number of phenolic OH excluding ortho intramolecular Hbond substituents is 1. The van der Waals surface area contributed by atoms with E-state index in [1.165, 1.54) is 13.2 Å². The van der Waals surface area contributed by atoms with Crippen molar-refractivity contribution >= 4 is 5.97 Å². The van der Waals surface area contributed by atoms with Crippen LogP contribution >= 0.6 is 0 Å². The summed E-state index contributed by atoms with van der Waals surface area (Å²) in [5.41, 5.74) is 0.745. The molecule has 0 bridgehead atoms. The van der Waals surface area contributed by atoms with Gasteiger partial charge in [0.1, 0.15) is 6.61 Å². The highest BCUT2D eigenvalue weighted by Crippen LogP contribution is 2.26. The van der Waals surface area contributed by atoms with Crippen molar-refractivity contribution in [2.24, 2.45) is 0 Å². The Morgan fingerprint density at radius 2 is 2.17 bits per heavy atom. The van der Waals surface area contributed by atoms with Gasteiger partial charge in [0, 0.05) is 0 Å². The smallest absolute Gasteiger partial charge is 0.310 e. The molecule has 98 valence electrons. The monoisotopic (exact) mass is 250 g/mol. The van der Waals surface area contributed by atoms with E-state index in [-0.39, 0.29) is 18.1 Å². The lowest BCUT2D eigenvalue weighted by atomic mass is 10.1. The van der Waals surface area contributed by atoms with Crippen LogP contribution in [0.3, 0.4) is 0 Å². The molecule has 18 heavy (non-hydrogen) atoms. The summed E-state index contributed by atoms with van der Waals surface area (Å²) in [5.74, 6) is 0.107. The van der Waals surface area contributed by atoms with Gasteiger partial charge in [-0.1, -0.05) is 25.1 Å². The minimum atomic E-state index is -0.302. The molecule has 0 heterocycles. The van der Waals surface area contributed by atoms with Crippen LogP contribution in [0.5, 0.6) is 11.5 Å². The summed E-state index contributed by atoms with van der Waals surface area (Å²) in [6.07, 6.45) is 4.84. The van der Waals surface area contributed by atoms with Crippen molar-refractivity contribution in [1.82, 2.24) is 0 Å². The second kappa shape index (κ2) is 7.37. The van der Waals surface area contributed by atoms with Gasteiger partial charge in [0.05, 0.1) is 13.5 Å². The van der Waals surface area contributed by atoms with E-state index in [0.717, 1.165) is 12.0 Å². The molecule has 0 aliphatic heterocycles. The number of aromatic hydroxyl groups is 1. The third-order valence-corrected chi connectivity index (χ3v) is 2.34. The highest BCUT2D eigenvalue weighted by atomic mass is 16.5. The summed E-state index contributed by atoms with van der Waals surface area (Å²) in [4.78, 5) is 11.5. The number of rotatable bonds is 6. The van der Waals surface area contributed by atoms with Crippen LogP contribution in [-0.2, 0) is 16.0 Å². The van der Waals surface area contributed by atoms with Crippen LogP contribution in [-0.4, -0.2) is 24.8 Å². The predicted molar refractivity (Wildman–Crippen MR) is 68.8 cm³/mol. The number of phenols is 1. The molecule has 1 aromatic carbocycles. The summed E-state index contributed by atoms with van der Waals surface area (Å²) < 4.78 is 9.99. The lowest BCUT2D eigenvalue weighted by Crippen LogP contribution is -2.08. The molecule has 1 N–H and O–H groups in total. The molecule has 4 nitrogen and oxygen atoms in total. The predicted octanol–water partition coefficient (Wildman–Crippen LogP) is 2.45. The van der Waals surface area contributed by atoms with Gasteiger partial charge < -0.3 is 14.6 Å². The van der Waals surface area contributed by atoms with Crippen molar-refractivity contribution in [1.29, 1.82) is 0 Å². The Hall–Kier alpha value is -1.97. The zero-order valence-electron chi connectivity index (χ0n) is 10.7. The third-order valence-electron chi connectivity index (χ3n) is 2.34. The number of allylic oxidation sites excluding steroid dienone is 1. The maximum absolute atomic E-state index is 11.5. The van der Waals surface area contributed by atoms with Gasteiger partial charge in [-0.05, 0) is 24.1 Å². The molecule has 0 aromatic heterocycles. The Bertz CT molecular complexity index is 424. The Morgan fingerprint density at radius 1 is 1.39 bits per heavy atom. The van der Waals surface area contributed by atoms with E-state index < -0.39 is 0 Å². The number of methoxy groups -OCH3 is 1. The molecule has 0 aliphatic carbocycles. The van der Waals surface area contributed by atoms with E-state index in [4.69, 9.17) is 9.47 Å². The summed E-state index contributed by atoms with van der Waals surface area (Å²) in [6.45, 7) is 2.31. The number of ether oxygens (including phenoxy) is 2. The van der Waals surface area contributed by atoms with Crippen molar-refractivity contribution in [3.8, 4) is 11.5 Å². The van der Waals surface area contributed by atoms with Crippen molar-refractivity contribution in [2.45, 2.75) is 19.8 Å². The van der Waals surface area contributed by atoms with Crippen molar-refractivity contribution < 1.29 is 19.4 Å². The molecular formula is C14H18O4. The third kappa shape index (κ3) is 4.49. The molecule has 0 aliphatic rings. The summed E-state index contributed by atoms with van der Waals surface area (Å²) >= 11 is 0. The largest absolute Gasteiger partial charge is 0.504 e. The zero-order chi connectivity index (χ0) is 13.4. The fourth-order valence-corrected chi connectivity index (χ4v) is 1.43. The molecule has 0 atom stereocenters. The molecule has 0 radical (unpaired) electrons. The van der Waals surface area contributed by atoms with Crippen molar-refractivity contribution in [3.05, 3.63) is 35.9 Å². The van der Waals surface area contributed by atoms with E-state index in [1.54, 1.807) is 12.1 Å². The average Bonchev–Trinajstić information content (AvgIpc) is 2.37. The van der Waals surface area contributed by atoms with Gasteiger partial charge in [-0.15, -0.1) is 0 Å². The van der Waals surface area contributed by atoms with Crippen molar-refractivity contribution in [3.63, 3.8) is 0 Å². The minimum absolute atomic E-state index is 0.0560. The number of hydrogen-bond acceptors (Lipinski definition) is 4. The van der Waals surface area contributed by atoms with Gasteiger partial charge >= 0.3 is 5.97 Å². The molecule has 1 aromatic rings. The summed E-state index contributed by atoms with van der Waals surface area (Å²) in [5, 5.41) is 9.42. The van der Waals surface area contributed by atoms with Crippen LogP contribution in [0.4, 0.5) is 0 Å². The molecule has 0 spiro atoms. The summed E-state index contributed by atoms with van der Waals surface area (Å²) in [6, 6.07) is 4.79. The minimum Gasteiger partial charge on any atom is -0.504 e. The van der Waals surface area contributed by atoms with Gasteiger partial charge in [0.25, 0.3) is 0 Å². The Kier molecular flexibility index (Phi) is 5.77. The lowest BCUT2D eigenvalue weighted by molar-refractivity contribution is -0.141. The average molecular weight is 250 g/mol. The van der Waals surface area contributed by atoms with Gasteiger partial charge in [0.2, 0.25) is 0 Å². The van der Waals surface area contributed by atoms with E-state index in [9.17, 15) is 9.90 Å². The highest BCUT2D eigenvalue weighted by molar-refractivity contribution is 5.73. The maximum Gasteiger partial charge on any atom is 0.310 e. The van der Waals surface area contributed by atoms with Gasteiger partial charge in [-0.25, -0.2) is 0 Å².